The van der Waals surface area contributed by atoms with Gasteiger partial charge in [0.15, 0.2) is 0 Å². The van der Waals surface area contributed by atoms with Gasteiger partial charge in [-0.25, -0.2) is 0 Å². The summed E-state index contributed by atoms with van der Waals surface area (Å²) >= 11 is 0. The molecule has 2 aromatic carbocycles. The van der Waals surface area contributed by atoms with Gasteiger partial charge in [-0.3, -0.25) is 14.5 Å². The first-order chi connectivity index (χ1) is 14.1. The van der Waals surface area contributed by atoms with E-state index in [1.54, 1.807) is 11.9 Å². The molecule has 30 heavy (non-hydrogen) atoms. The Morgan fingerprint density at radius 1 is 1.00 bits per heavy atom. The highest BCUT2D eigenvalue weighted by Gasteiger charge is 2.30. The number of anilines is 1. The number of ether oxygens (including phenoxy) is 1. The van der Waals surface area contributed by atoms with E-state index in [-0.39, 0.29) is 24.7 Å². The lowest BCUT2D eigenvalue weighted by atomic mass is 10.1. The summed E-state index contributed by atoms with van der Waals surface area (Å²) in [5.41, 5.74) is 2.65. The number of nitrogens with one attached hydrogen (secondary N) is 2. The quantitative estimate of drug-likeness (QED) is 0.650. The number of halogens is 3. The van der Waals surface area contributed by atoms with Crippen molar-refractivity contribution in [1.29, 1.82) is 0 Å². The summed E-state index contributed by atoms with van der Waals surface area (Å²) in [5.74, 6) is -0.970. The average Bonchev–Trinajstić information content (AvgIpc) is 2.63. The van der Waals surface area contributed by atoms with Crippen molar-refractivity contribution >= 4 is 17.5 Å². The molecule has 0 saturated heterocycles. The zero-order valence-electron chi connectivity index (χ0n) is 16.8. The minimum Gasteiger partial charge on any atom is -0.406 e. The number of alkyl halides is 3. The number of hydrogen-bond donors (Lipinski definition) is 2. The lowest BCUT2D eigenvalue weighted by Gasteiger charge is -2.16. The highest BCUT2D eigenvalue weighted by atomic mass is 19.4. The summed E-state index contributed by atoms with van der Waals surface area (Å²) in [4.78, 5) is 25.6. The fraction of sp³-hybridized carbons (Fsp3) is 0.333. The van der Waals surface area contributed by atoms with E-state index in [0.29, 0.717) is 12.2 Å². The largest absolute Gasteiger partial charge is 0.573 e. The number of carbonyl (C=O) groups excluding carboxylic acids is 2. The molecular weight excluding hydrogens is 399 g/mol. The van der Waals surface area contributed by atoms with Crippen LogP contribution in [0.15, 0.2) is 48.5 Å². The lowest BCUT2D eigenvalue weighted by molar-refractivity contribution is -0.274. The van der Waals surface area contributed by atoms with Crippen LogP contribution in [-0.2, 0) is 16.0 Å². The van der Waals surface area contributed by atoms with Gasteiger partial charge in [0.25, 0.3) is 0 Å². The molecule has 0 radical (unpaired) electrons. The maximum absolute atomic E-state index is 12.2. The molecule has 0 fully saturated rings. The number of rotatable bonds is 9. The maximum Gasteiger partial charge on any atom is 0.573 e. The summed E-state index contributed by atoms with van der Waals surface area (Å²) in [7, 11) is 1.63. The van der Waals surface area contributed by atoms with Crippen LogP contribution in [-0.4, -0.2) is 49.8 Å². The Morgan fingerprint density at radius 2 is 1.63 bits per heavy atom. The second kappa shape index (κ2) is 10.6. The second-order valence-corrected chi connectivity index (χ2v) is 6.82. The third kappa shape index (κ3) is 8.52. The molecule has 0 aliphatic carbocycles. The molecule has 0 bridgehead atoms. The van der Waals surface area contributed by atoms with Crippen LogP contribution in [0.1, 0.15) is 11.1 Å². The van der Waals surface area contributed by atoms with Crippen LogP contribution < -0.4 is 15.4 Å². The molecule has 2 amide bonds. The van der Waals surface area contributed by atoms with E-state index >= 15 is 0 Å². The predicted octanol–water partition coefficient (Wildman–Crippen LogP) is 3.12. The second-order valence-electron chi connectivity index (χ2n) is 6.82. The van der Waals surface area contributed by atoms with Crippen molar-refractivity contribution < 1.29 is 27.5 Å². The summed E-state index contributed by atoms with van der Waals surface area (Å²) in [6.07, 6.45) is -4.05. The summed E-state index contributed by atoms with van der Waals surface area (Å²) in [5, 5.41) is 5.38. The highest BCUT2D eigenvalue weighted by molar-refractivity contribution is 5.92. The van der Waals surface area contributed by atoms with E-state index in [1.807, 2.05) is 31.2 Å². The van der Waals surface area contributed by atoms with Crippen molar-refractivity contribution in [3.05, 3.63) is 59.7 Å². The first kappa shape index (κ1) is 23.2. The Morgan fingerprint density at radius 3 is 2.27 bits per heavy atom. The van der Waals surface area contributed by atoms with Crippen LogP contribution in [0.5, 0.6) is 5.75 Å². The number of aryl methyl sites for hydroxylation is 1. The molecule has 162 valence electrons. The molecule has 0 aliphatic heterocycles. The molecular formula is C21H24F3N3O3. The highest BCUT2D eigenvalue weighted by Crippen LogP contribution is 2.23. The number of nitrogens with zero attached hydrogens (tertiary/aromatic N) is 1. The van der Waals surface area contributed by atoms with E-state index in [4.69, 9.17) is 0 Å². The molecule has 2 aromatic rings. The molecule has 0 unspecified atom stereocenters. The molecule has 0 heterocycles. The van der Waals surface area contributed by atoms with Crippen LogP contribution >= 0.6 is 0 Å². The van der Waals surface area contributed by atoms with E-state index in [9.17, 15) is 22.8 Å². The lowest BCUT2D eigenvalue weighted by Crippen LogP contribution is -2.39. The monoisotopic (exact) mass is 423 g/mol. The Labute approximate surface area is 173 Å². The van der Waals surface area contributed by atoms with Gasteiger partial charge < -0.3 is 15.4 Å². The van der Waals surface area contributed by atoms with Crippen LogP contribution in [0.2, 0.25) is 0 Å². The molecule has 6 nitrogen and oxygen atoms in total. The number of amides is 2. The van der Waals surface area contributed by atoms with Crippen LogP contribution in [0.25, 0.3) is 0 Å². The zero-order chi connectivity index (χ0) is 22.1. The summed E-state index contributed by atoms with van der Waals surface area (Å²) < 4.78 is 40.2. The predicted molar refractivity (Wildman–Crippen MR) is 107 cm³/mol. The van der Waals surface area contributed by atoms with Gasteiger partial charge in [0.2, 0.25) is 11.8 Å². The van der Waals surface area contributed by atoms with Crippen LogP contribution in [0.3, 0.4) is 0 Å². The Hall–Kier alpha value is -3.07. The van der Waals surface area contributed by atoms with E-state index in [0.717, 1.165) is 24.1 Å². The number of likely N-dealkylation sites (N-methyl/N-ethyl adjacent to an activating group) is 1. The minimum absolute atomic E-state index is 0.0412. The Kier molecular flexibility index (Phi) is 8.23. The summed E-state index contributed by atoms with van der Waals surface area (Å²) in [6.45, 7) is 2.50. The van der Waals surface area contributed by atoms with Crippen molar-refractivity contribution in [1.82, 2.24) is 10.2 Å². The molecule has 0 spiro atoms. The van der Waals surface area contributed by atoms with Gasteiger partial charge in [-0.15, -0.1) is 13.2 Å². The molecule has 0 saturated carbocycles. The topological polar surface area (TPSA) is 70.7 Å². The van der Waals surface area contributed by atoms with Crippen LogP contribution in [0, 0.1) is 6.92 Å². The Balaban J connectivity index is 1.70. The van der Waals surface area contributed by atoms with Crippen molar-refractivity contribution in [2.75, 3.05) is 32.0 Å². The maximum atomic E-state index is 12.2. The van der Waals surface area contributed by atoms with E-state index in [2.05, 4.69) is 15.4 Å². The number of hydrogen-bond acceptors (Lipinski definition) is 4. The molecule has 9 heteroatoms. The first-order valence-electron chi connectivity index (χ1n) is 9.28. The SMILES string of the molecule is Cc1ccccc1CCNC(=O)CN(C)CC(=O)Nc1ccc(OC(F)(F)F)cc1. The van der Waals surface area contributed by atoms with Crippen molar-refractivity contribution in [2.24, 2.45) is 0 Å². The average molecular weight is 423 g/mol. The van der Waals surface area contributed by atoms with E-state index in [1.165, 1.54) is 17.7 Å². The van der Waals surface area contributed by atoms with Gasteiger partial charge in [0.05, 0.1) is 13.1 Å². The summed E-state index contributed by atoms with van der Waals surface area (Å²) in [6, 6.07) is 12.8. The molecule has 2 N–H and O–H groups in total. The van der Waals surface area contributed by atoms with Crippen LogP contribution in [0.4, 0.5) is 18.9 Å². The molecule has 0 aliphatic rings. The van der Waals surface area contributed by atoms with Gasteiger partial charge in [-0.1, -0.05) is 24.3 Å². The normalized spacial score (nSPS) is 11.3. The van der Waals surface area contributed by atoms with Gasteiger partial charge >= 0.3 is 6.36 Å². The van der Waals surface area contributed by atoms with Gasteiger partial charge in [-0.05, 0) is 55.8 Å². The molecule has 2 rings (SSSR count). The van der Waals surface area contributed by atoms with Gasteiger partial charge in [-0.2, -0.15) is 0 Å². The number of benzene rings is 2. The fourth-order valence-corrected chi connectivity index (χ4v) is 2.77. The smallest absolute Gasteiger partial charge is 0.406 e. The fourth-order valence-electron chi connectivity index (χ4n) is 2.77. The molecule has 0 atom stereocenters. The third-order valence-electron chi connectivity index (χ3n) is 4.18. The van der Waals surface area contributed by atoms with Crippen molar-refractivity contribution in [2.45, 2.75) is 19.7 Å². The Bertz CT molecular complexity index is 855. The third-order valence-corrected chi connectivity index (χ3v) is 4.18. The van der Waals surface area contributed by atoms with Crippen molar-refractivity contribution in [3.8, 4) is 5.75 Å². The number of carbonyl (C=O) groups is 2. The molecule has 0 aromatic heterocycles. The minimum atomic E-state index is -4.77. The standard InChI is InChI=1S/C21H24F3N3O3/c1-15-5-3-4-6-16(15)11-12-25-19(28)13-27(2)14-20(29)26-17-7-9-18(10-8-17)30-21(22,23)24/h3-10H,11-14H2,1-2H3,(H,25,28)(H,26,29). The first-order valence-corrected chi connectivity index (χ1v) is 9.28. The zero-order valence-corrected chi connectivity index (χ0v) is 16.8. The van der Waals surface area contributed by atoms with Gasteiger partial charge in [0, 0.05) is 12.2 Å². The van der Waals surface area contributed by atoms with E-state index < -0.39 is 12.3 Å². The van der Waals surface area contributed by atoms with Crippen molar-refractivity contribution in [3.63, 3.8) is 0 Å². The van der Waals surface area contributed by atoms with Gasteiger partial charge in [0.1, 0.15) is 5.75 Å².